The van der Waals surface area contributed by atoms with Gasteiger partial charge in [0.1, 0.15) is 0 Å². The normalized spacial score (nSPS) is 24.1. The van der Waals surface area contributed by atoms with Gasteiger partial charge >= 0.3 is 6.03 Å². The second kappa shape index (κ2) is 10.6. The highest BCUT2D eigenvalue weighted by Gasteiger charge is 2.35. The van der Waals surface area contributed by atoms with Crippen LogP contribution in [0.1, 0.15) is 32.1 Å². The lowest BCUT2D eigenvalue weighted by Gasteiger charge is -2.39. The number of hydrogen-bond donors (Lipinski definition) is 0. The monoisotopic (exact) mass is 410 g/mol. The van der Waals surface area contributed by atoms with Crippen LogP contribution in [0.15, 0.2) is 0 Å². The van der Waals surface area contributed by atoms with Gasteiger partial charge in [0, 0.05) is 91.8 Å². The molecule has 0 saturated carbocycles. The summed E-state index contributed by atoms with van der Waals surface area (Å²) in [4.78, 5) is 33.2. The largest absolute Gasteiger partial charge is 0.381 e. The van der Waals surface area contributed by atoms with Crippen molar-refractivity contribution in [3.05, 3.63) is 0 Å². The van der Waals surface area contributed by atoms with Crippen LogP contribution in [0.25, 0.3) is 0 Å². The number of ether oxygens (including phenoxy) is 2. The van der Waals surface area contributed by atoms with Gasteiger partial charge in [0.15, 0.2) is 0 Å². The predicted molar refractivity (Wildman–Crippen MR) is 111 cm³/mol. The van der Waals surface area contributed by atoms with E-state index in [1.807, 2.05) is 30.9 Å². The number of carbonyl (C=O) groups excluding carboxylic acids is 2. The van der Waals surface area contributed by atoms with Crippen molar-refractivity contribution in [3.8, 4) is 0 Å². The van der Waals surface area contributed by atoms with Gasteiger partial charge in [-0.3, -0.25) is 9.69 Å². The smallest absolute Gasteiger partial charge is 0.319 e. The molecule has 0 spiro atoms. The Kier molecular flexibility index (Phi) is 8.15. The highest BCUT2D eigenvalue weighted by atomic mass is 16.5. The number of urea groups is 1. The molecule has 3 aliphatic heterocycles. The lowest BCUT2D eigenvalue weighted by molar-refractivity contribution is -0.137. The first-order chi connectivity index (χ1) is 14.0. The highest BCUT2D eigenvalue weighted by molar-refractivity contribution is 5.78. The van der Waals surface area contributed by atoms with Crippen LogP contribution in [0.4, 0.5) is 4.79 Å². The van der Waals surface area contributed by atoms with Gasteiger partial charge in [-0.15, -0.1) is 0 Å². The minimum atomic E-state index is 0.0891. The molecule has 3 heterocycles. The minimum absolute atomic E-state index is 0.0891. The molecule has 8 nitrogen and oxygen atoms in total. The summed E-state index contributed by atoms with van der Waals surface area (Å²) in [5.41, 5.74) is 0. The third-order valence-corrected chi connectivity index (χ3v) is 6.59. The van der Waals surface area contributed by atoms with E-state index >= 15 is 0 Å². The Balaban J connectivity index is 1.58. The second-order valence-electron chi connectivity index (χ2n) is 8.79. The van der Waals surface area contributed by atoms with Crippen LogP contribution < -0.4 is 0 Å². The maximum absolute atomic E-state index is 12.8. The predicted octanol–water partition coefficient (Wildman–Crippen LogP) is 1.11. The molecular formula is C21H38N4O4. The van der Waals surface area contributed by atoms with Crippen molar-refractivity contribution < 1.29 is 19.1 Å². The molecule has 0 aromatic carbocycles. The molecular weight excluding hydrogens is 372 g/mol. The average molecular weight is 411 g/mol. The van der Waals surface area contributed by atoms with Gasteiger partial charge in [-0.2, -0.15) is 0 Å². The zero-order valence-corrected chi connectivity index (χ0v) is 18.3. The van der Waals surface area contributed by atoms with E-state index in [1.165, 1.54) is 0 Å². The fourth-order valence-corrected chi connectivity index (χ4v) is 4.78. The molecule has 3 saturated heterocycles. The van der Waals surface area contributed by atoms with Gasteiger partial charge in [0.2, 0.25) is 5.91 Å². The number of carbonyl (C=O) groups is 2. The second-order valence-corrected chi connectivity index (χ2v) is 8.79. The Bertz CT molecular complexity index is 547. The van der Waals surface area contributed by atoms with E-state index in [0.29, 0.717) is 25.3 Å². The van der Waals surface area contributed by atoms with Crippen molar-refractivity contribution in [2.75, 3.05) is 73.7 Å². The maximum atomic E-state index is 12.8. The van der Waals surface area contributed by atoms with E-state index in [2.05, 4.69) is 4.90 Å². The molecule has 3 aliphatic rings. The molecule has 0 aromatic rings. The SMILES string of the molecule is CN(C)C(=O)N1CCC(N(CCN(C)C(=O)C2CCOCC2)C2CCOCC2)C1. The first kappa shape index (κ1) is 22.3. The third kappa shape index (κ3) is 5.83. The highest BCUT2D eigenvalue weighted by Crippen LogP contribution is 2.24. The van der Waals surface area contributed by atoms with Gasteiger partial charge < -0.3 is 24.2 Å². The molecule has 0 aromatic heterocycles. The van der Waals surface area contributed by atoms with Crippen LogP contribution >= 0.6 is 0 Å². The van der Waals surface area contributed by atoms with Gasteiger partial charge in [0.05, 0.1) is 0 Å². The quantitative estimate of drug-likeness (QED) is 0.656. The van der Waals surface area contributed by atoms with Crippen LogP contribution in [0.5, 0.6) is 0 Å². The molecule has 3 amide bonds. The first-order valence-electron chi connectivity index (χ1n) is 11.1. The fraction of sp³-hybridized carbons (Fsp3) is 0.905. The average Bonchev–Trinajstić information content (AvgIpc) is 3.23. The molecule has 0 bridgehead atoms. The molecule has 0 aliphatic carbocycles. The summed E-state index contributed by atoms with van der Waals surface area (Å²) in [5.74, 6) is 0.348. The standard InChI is InChI=1S/C21H38N4O4/c1-22(2)21(27)24-9-4-19(16-24)25(18-7-14-29-15-8-18)11-10-23(3)20(26)17-5-12-28-13-6-17/h17-19H,4-16H2,1-3H3. The van der Waals surface area contributed by atoms with Gasteiger partial charge in [-0.25, -0.2) is 4.79 Å². The summed E-state index contributed by atoms with van der Waals surface area (Å²) < 4.78 is 11.0. The number of likely N-dealkylation sites (tertiary alicyclic amines) is 1. The zero-order chi connectivity index (χ0) is 20.8. The summed E-state index contributed by atoms with van der Waals surface area (Å²) in [7, 11) is 5.54. The van der Waals surface area contributed by atoms with E-state index in [0.717, 1.165) is 71.5 Å². The Labute approximate surface area is 175 Å². The molecule has 29 heavy (non-hydrogen) atoms. The number of hydrogen-bond acceptors (Lipinski definition) is 5. The summed E-state index contributed by atoms with van der Waals surface area (Å²) in [5, 5.41) is 0. The van der Waals surface area contributed by atoms with Crippen molar-refractivity contribution in [3.63, 3.8) is 0 Å². The van der Waals surface area contributed by atoms with Gasteiger partial charge in [0.25, 0.3) is 0 Å². The maximum Gasteiger partial charge on any atom is 0.319 e. The molecule has 3 rings (SSSR count). The van der Waals surface area contributed by atoms with Gasteiger partial charge in [-0.1, -0.05) is 0 Å². The first-order valence-corrected chi connectivity index (χ1v) is 11.1. The molecule has 1 atom stereocenters. The Hall–Kier alpha value is -1.38. The van der Waals surface area contributed by atoms with Crippen molar-refractivity contribution in [2.24, 2.45) is 5.92 Å². The number of likely N-dealkylation sites (N-methyl/N-ethyl adjacent to an activating group) is 1. The number of rotatable bonds is 6. The van der Waals surface area contributed by atoms with Crippen molar-refractivity contribution >= 4 is 11.9 Å². The van der Waals surface area contributed by atoms with Crippen LogP contribution in [0.2, 0.25) is 0 Å². The topological polar surface area (TPSA) is 65.6 Å². The van der Waals surface area contributed by atoms with E-state index in [-0.39, 0.29) is 17.9 Å². The summed E-state index contributed by atoms with van der Waals surface area (Å²) in [6, 6.07) is 0.912. The fourth-order valence-electron chi connectivity index (χ4n) is 4.78. The zero-order valence-electron chi connectivity index (χ0n) is 18.3. The van der Waals surface area contributed by atoms with Crippen LogP contribution in [-0.2, 0) is 14.3 Å². The van der Waals surface area contributed by atoms with Crippen molar-refractivity contribution in [2.45, 2.75) is 44.2 Å². The Morgan fingerprint density at radius 3 is 2.10 bits per heavy atom. The van der Waals surface area contributed by atoms with E-state index in [1.54, 1.807) is 4.90 Å². The minimum Gasteiger partial charge on any atom is -0.381 e. The molecule has 0 N–H and O–H groups in total. The number of nitrogens with zero attached hydrogens (tertiary/aromatic N) is 4. The number of amides is 3. The third-order valence-electron chi connectivity index (χ3n) is 6.59. The summed E-state index contributed by atoms with van der Waals surface area (Å²) in [6.07, 6.45) is 4.70. The summed E-state index contributed by atoms with van der Waals surface area (Å²) >= 11 is 0. The Morgan fingerprint density at radius 1 is 0.862 bits per heavy atom. The molecule has 3 fully saturated rings. The lowest BCUT2D eigenvalue weighted by atomic mass is 9.99. The van der Waals surface area contributed by atoms with E-state index in [9.17, 15) is 9.59 Å². The molecule has 166 valence electrons. The van der Waals surface area contributed by atoms with Crippen LogP contribution in [0.3, 0.4) is 0 Å². The van der Waals surface area contributed by atoms with E-state index in [4.69, 9.17) is 9.47 Å². The lowest BCUT2D eigenvalue weighted by Crippen LogP contribution is -2.51. The molecule has 0 radical (unpaired) electrons. The van der Waals surface area contributed by atoms with Crippen molar-refractivity contribution in [1.82, 2.24) is 19.6 Å². The van der Waals surface area contributed by atoms with E-state index < -0.39 is 0 Å². The molecule has 8 heteroatoms. The summed E-state index contributed by atoms with van der Waals surface area (Å²) in [6.45, 7) is 6.13. The molecule has 1 unspecified atom stereocenters. The van der Waals surface area contributed by atoms with Crippen molar-refractivity contribution in [1.29, 1.82) is 0 Å². The Morgan fingerprint density at radius 2 is 1.48 bits per heavy atom. The van der Waals surface area contributed by atoms with Crippen LogP contribution in [0, 0.1) is 5.92 Å². The van der Waals surface area contributed by atoms with Gasteiger partial charge in [-0.05, 0) is 32.1 Å². The van der Waals surface area contributed by atoms with Crippen LogP contribution in [-0.4, -0.2) is 117 Å².